The maximum absolute atomic E-state index is 11.6. The molecule has 0 spiro atoms. The van der Waals surface area contributed by atoms with Gasteiger partial charge in [0, 0.05) is 6.42 Å². The van der Waals surface area contributed by atoms with Crippen molar-refractivity contribution < 1.29 is 14.3 Å². The van der Waals surface area contributed by atoms with Crippen LogP contribution in [0.1, 0.15) is 18.9 Å². The maximum atomic E-state index is 11.6. The Kier molecular flexibility index (Phi) is 5.14. The molecule has 0 aromatic heterocycles. The maximum Gasteiger partial charge on any atom is 0.341 e. The Hall–Kier alpha value is -1.90. The van der Waals surface area contributed by atoms with E-state index in [0.717, 1.165) is 5.56 Å². The summed E-state index contributed by atoms with van der Waals surface area (Å²) in [5.41, 5.74) is 1.19. The Labute approximate surface area is 101 Å². The molecule has 0 unspecified atom stereocenters. The van der Waals surface area contributed by atoms with Gasteiger partial charge in [0.2, 0.25) is 0 Å². The van der Waals surface area contributed by atoms with Crippen molar-refractivity contribution in [3.8, 4) is 0 Å². The predicted molar refractivity (Wildman–Crippen MR) is 65.5 cm³/mol. The molecule has 1 rings (SSSR count). The van der Waals surface area contributed by atoms with Gasteiger partial charge in [0.1, 0.15) is 0 Å². The number of ether oxygens (including phenoxy) is 1. The summed E-state index contributed by atoms with van der Waals surface area (Å²) in [6.45, 7) is 1.72. The van der Waals surface area contributed by atoms with Crippen LogP contribution in [0.4, 0.5) is 0 Å². The molecule has 0 aliphatic carbocycles. The molecule has 17 heavy (non-hydrogen) atoms. The summed E-state index contributed by atoms with van der Waals surface area (Å²) >= 11 is 0. The zero-order chi connectivity index (χ0) is 12.7. The van der Waals surface area contributed by atoms with Crippen LogP contribution in [0.25, 0.3) is 0 Å². The van der Waals surface area contributed by atoms with Crippen LogP contribution in [0, 0.1) is 0 Å². The Morgan fingerprint density at radius 3 is 2.41 bits per heavy atom. The number of hydrogen-bond acceptors (Lipinski definition) is 3. The van der Waals surface area contributed by atoms with Gasteiger partial charge in [0.05, 0.1) is 12.7 Å². The van der Waals surface area contributed by atoms with Gasteiger partial charge in [-0.3, -0.25) is 4.79 Å². The Balaban J connectivity index is 2.84. The summed E-state index contributed by atoms with van der Waals surface area (Å²) in [4.78, 5) is 23.0. The van der Waals surface area contributed by atoms with Crippen molar-refractivity contribution in [3.05, 3.63) is 47.5 Å². The molecule has 0 bridgehead atoms. The number of hydrogen-bond donors (Lipinski definition) is 0. The first kappa shape index (κ1) is 13.2. The van der Waals surface area contributed by atoms with Crippen molar-refractivity contribution >= 4 is 11.8 Å². The molecule has 90 valence electrons. The molecule has 0 fully saturated rings. The number of methoxy groups -OCH3 is 1. The Morgan fingerprint density at radius 1 is 1.24 bits per heavy atom. The molecule has 0 atom stereocenters. The molecule has 3 nitrogen and oxygen atoms in total. The van der Waals surface area contributed by atoms with E-state index < -0.39 is 5.97 Å². The topological polar surface area (TPSA) is 43.4 Å². The first-order valence-corrected chi connectivity index (χ1v) is 5.54. The second kappa shape index (κ2) is 6.63. The fourth-order valence-electron chi connectivity index (χ4n) is 1.45. The first-order valence-electron chi connectivity index (χ1n) is 5.54. The lowest BCUT2D eigenvalue weighted by Gasteiger charge is -2.03. The van der Waals surface area contributed by atoms with Crippen LogP contribution in [0.2, 0.25) is 0 Å². The smallest absolute Gasteiger partial charge is 0.341 e. The van der Waals surface area contributed by atoms with Gasteiger partial charge in [-0.2, -0.15) is 0 Å². The lowest BCUT2D eigenvalue weighted by atomic mass is 10.1. The minimum atomic E-state index is -0.562. The summed E-state index contributed by atoms with van der Waals surface area (Å²) in [6.07, 6.45) is 2.49. The second-order valence-electron chi connectivity index (χ2n) is 3.58. The van der Waals surface area contributed by atoms with Crippen molar-refractivity contribution in [1.29, 1.82) is 0 Å². The Morgan fingerprint density at radius 2 is 1.88 bits per heavy atom. The van der Waals surface area contributed by atoms with E-state index in [1.165, 1.54) is 7.11 Å². The number of allylic oxidation sites excluding steroid dienone is 1. The average Bonchev–Trinajstić information content (AvgIpc) is 2.39. The Bertz CT molecular complexity index is 400. The minimum Gasteiger partial charge on any atom is -0.465 e. The molecule has 0 heterocycles. The van der Waals surface area contributed by atoms with Crippen LogP contribution in [0.5, 0.6) is 0 Å². The zero-order valence-electron chi connectivity index (χ0n) is 10.1. The molecular weight excluding hydrogens is 216 g/mol. The van der Waals surface area contributed by atoms with Gasteiger partial charge in [0.15, 0.2) is 5.78 Å². The largest absolute Gasteiger partial charge is 0.465 e. The number of benzene rings is 1. The molecule has 0 saturated carbocycles. The van der Waals surface area contributed by atoms with Crippen molar-refractivity contribution in [2.75, 3.05) is 7.11 Å². The lowest BCUT2D eigenvalue weighted by molar-refractivity contribution is -0.137. The molecule has 0 radical (unpaired) electrons. The molecule has 1 aromatic rings. The summed E-state index contributed by atoms with van der Waals surface area (Å²) in [5.74, 6) is -0.749. The van der Waals surface area contributed by atoms with Gasteiger partial charge in [-0.1, -0.05) is 43.3 Å². The number of ketones is 1. The summed E-state index contributed by atoms with van der Waals surface area (Å²) in [5, 5.41) is 0. The highest BCUT2D eigenvalue weighted by Gasteiger charge is 2.16. The van der Waals surface area contributed by atoms with Gasteiger partial charge in [-0.05, 0) is 12.0 Å². The summed E-state index contributed by atoms with van der Waals surface area (Å²) < 4.78 is 4.60. The van der Waals surface area contributed by atoms with E-state index in [2.05, 4.69) is 4.74 Å². The third kappa shape index (κ3) is 3.87. The molecule has 0 N–H and O–H groups in total. The summed E-state index contributed by atoms with van der Waals surface area (Å²) in [6, 6.07) is 9.65. The minimum absolute atomic E-state index is 0.138. The van der Waals surface area contributed by atoms with Gasteiger partial charge in [-0.25, -0.2) is 4.79 Å². The van der Waals surface area contributed by atoms with E-state index >= 15 is 0 Å². The molecule has 0 amide bonds. The van der Waals surface area contributed by atoms with Crippen LogP contribution < -0.4 is 0 Å². The third-order valence-electron chi connectivity index (χ3n) is 2.41. The molecule has 1 aromatic carbocycles. The normalized spacial score (nSPS) is 11.1. The highest BCUT2D eigenvalue weighted by atomic mass is 16.5. The van der Waals surface area contributed by atoms with Gasteiger partial charge in [-0.15, -0.1) is 0 Å². The third-order valence-corrected chi connectivity index (χ3v) is 2.41. The monoisotopic (exact) mass is 232 g/mol. The van der Waals surface area contributed by atoms with E-state index in [4.69, 9.17) is 0 Å². The van der Waals surface area contributed by atoms with E-state index in [9.17, 15) is 9.59 Å². The number of carbonyl (C=O) groups excluding carboxylic acids is 2. The van der Waals surface area contributed by atoms with Crippen LogP contribution in [-0.2, 0) is 20.7 Å². The van der Waals surface area contributed by atoms with Crippen molar-refractivity contribution in [1.82, 2.24) is 0 Å². The van der Waals surface area contributed by atoms with E-state index in [1.807, 2.05) is 30.3 Å². The highest BCUT2D eigenvalue weighted by molar-refractivity contribution is 6.17. The highest BCUT2D eigenvalue weighted by Crippen LogP contribution is 2.07. The number of Topliss-reactive ketones (excluding diaryl/α,β-unsaturated/α-hetero) is 1. The van der Waals surface area contributed by atoms with E-state index in [-0.39, 0.29) is 11.4 Å². The number of esters is 1. The molecule has 0 saturated heterocycles. The molecule has 0 aliphatic heterocycles. The SMILES string of the molecule is CCC(=O)C(=CCc1ccccc1)C(=O)OC. The van der Waals surface area contributed by atoms with E-state index in [1.54, 1.807) is 13.0 Å². The zero-order valence-corrected chi connectivity index (χ0v) is 10.1. The van der Waals surface area contributed by atoms with Gasteiger partial charge >= 0.3 is 5.97 Å². The van der Waals surface area contributed by atoms with Crippen molar-refractivity contribution in [3.63, 3.8) is 0 Å². The average molecular weight is 232 g/mol. The van der Waals surface area contributed by atoms with E-state index in [0.29, 0.717) is 12.8 Å². The predicted octanol–water partition coefficient (Wildman–Crippen LogP) is 2.31. The molecule has 3 heteroatoms. The number of rotatable bonds is 5. The first-order chi connectivity index (χ1) is 8.19. The van der Waals surface area contributed by atoms with Gasteiger partial charge in [0.25, 0.3) is 0 Å². The quantitative estimate of drug-likeness (QED) is 0.338. The van der Waals surface area contributed by atoms with Crippen molar-refractivity contribution in [2.45, 2.75) is 19.8 Å². The van der Waals surface area contributed by atoms with Crippen LogP contribution >= 0.6 is 0 Å². The van der Waals surface area contributed by atoms with Crippen molar-refractivity contribution in [2.24, 2.45) is 0 Å². The standard InChI is InChI=1S/C14H16O3/c1-3-13(15)12(14(16)17-2)10-9-11-7-5-4-6-8-11/h4-8,10H,3,9H2,1-2H3. The molecular formula is C14H16O3. The van der Waals surface area contributed by atoms with Crippen LogP contribution in [0.15, 0.2) is 42.0 Å². The second-order valence-corrected chi connectivity index (χ2v) is 3.58. The van der Waals surface area contributed by atoms with Gasteiger partial charge < -0.3 is 4.74 Å². The fourth-order valence-corrected chi connectivity index (χ4v) is 1.45. The lowest BCUT2D eigenvalue weighted by Crippen LogP contribution is -2.14. The molecule has 0 aliphatic rings. The van der Waals surface area contributed by atoms with Crippen LogP contribution in [-0.4, -0.2) is 18.9 Å². The number of carbonyl (C=O) groups is 2. The fraction of sp³-hybridized carbons (Fsp3) is 0.286. The summed E-state index contributed by atoms with van der Waals surface area (Å²) in [7, 11) is 1.28. The van der Waals surface area contributed by atoms with Crippen LogP contribution in [0.3, 0.4) is 0 Å².